The van der Waals surface area contributed by atoms with Crippen molar-refractivity contribution in [3.8, 4) is 6.07 Å². The van der Waals surface area contributed by atoms with Gasteiger partial charge in [0, 0.05) is 11.1 Å². The molecular formula is C15H10F2N2O. The molecule has 3 nitrogen and oxygen atoms in total. The molecule has 0 spiro atoms. The normalized spacial score (nSPS) is 11.4. The molecule has 0 aromatic heterocycles. The highest BCUT2D eigenvalue weighted by molar-refractivity contribution is 5.94. The van der Waals surface area contributed by atoms with Crippen molar-refractivity contribution in [3.63, 3.8) is 0 Å². The first-order valence-electron chi connectivity index (χ1n) is 5.82. The molecular weight excluding hydrogens is 262 g/mol. The highest BCUT2D eigenvalue weighted by atomic mass is 19.1. The quantitative estimate of drug-likeness (QED) is 0.933. The molecule has 0 fully saturated rings. The van der Waals surface area contributed by atoms with Crippen LogP contribution in [0.3, 0.4) is 0 Å². The molecule has 0 bridgehead atoms. The topological polar surface area (TPSA) is 52.9 Å². The predicted octanol–water partition coefficient (Wildman–Crippen LogP) is 2.96. The number of carbonyl (C=O) groups excluding carboxylic acids is 1. The van der Waals surface area contributed by atoms with Crippen LogP contribution in [0.2, 0.25) is 0 Å². The Morgan fingerprint density at radius 3 is 2.55 bits per heavy atom. The van der Waals surface area contributed by atoms with Crippen LogP contribution in [0, 0.1) is 23.0 Å². The van der Waals surface area contributed by atoms with Crippen molar-refractivity contribution < 1.29 is 13.6 Å². The molecule has 1 N–H and O–H groups in total. The molecule has 100 valence electrons. The van der Waals surface area contributed by atoms with Crippen LogP contribution in [-0.2, 0) is 0 Å². The van der Waals surface area contributed by atoms with Crippen molar-refractivity contribution in [1.82, 2.24) is 5.32 Å². The van der Waals surface area contributed by atoms with Crippen molar-refractivity contribution in [2.75, 3.05) is 0 Å². The number of nitrogens with zero attached hydrogens (tertiary/aromatic N) is 1. The molecule has 1 unspecified atom stereocenters. The maximum Gasteiger partial charge on any atom is 0.252 e. The van der Waals surface area contributed by atoms with E-state index in [9.17, 15) is 13.6 Å². The van der Waals surface area contributed by atoms with E-state index in [2.05, 4.69) is 5.32 Å². The fraction of sp³-hybridized carbons (Fsp3) is 0.0667. The van der Waals surface area contributed by atoms with Crippen LogP contribution in [0.5, 0.6) is 0 Å². The highest BCUT2D eigenvalue weighted by Crippen LogP contribution is 2.16. The van der Waals surface area contributed by atoms with E-state index in [1.165, 1.54) is 36.4 Å². The van der Waals surface area contributed by atoms with Gasteiger partial charge in [-0.05, 0) is 24.3 Å². The molecule has 1 amide bonds. The number of nitrogens with one attached hydrogen (secondary N) is 1. The predicted molar refractivity (Wildman–Crippen MR) is 68.6 cm³/mol. The number of nitriles is 1. The van der Waals surface area contributed by atoms with Crippen molar-refractivity contribution in [1.29, 1.82) is 5.26 Å². The molecule has 2 rings (SSSR count). The average molecular weight is 272 g/mol. The van der Waals surface area contributed by atoms with Gasteiger partial charge in [0.1, 0.15) is 17.7 Å². The summed E-state index contributed by atoms with van der Waals surface area (Å²) in [5.74, 6) is -1.78. The number of carbonyl (C=O) groups is 1. The summed E-state index contributed by atoms with van der Waals surface area (Å²) in [4.78, 5) is 11.9. The second-order valence-electron chi connectivity index (χ2n) is 4.07. The van der Waals surface area contributed by atoms with Crippen LogP contribution in [0.1, 0.15) is 22.0 Å². The molecule has 0 aliphatic rings. The summed E-state index contributed by atoms with van der Waals surface area (Å²) in [6.45, 7) is 0. The Labute approximate surface area is 114 Å². The Bertz CT molecular complexity index is 680. The van der Waals surface area contributed by atoms with Gasteiger partial charge in [-0.1, -0.05) is 24.3 Å². The summed E-state index contributed by atoms with van der Waals surface area (Å²) in [6.07, 6.45) is 0. The van der Waals surface area contributed by atoms with Crippen LogP contribution in [0.15, 0.2) is 48.5 Å². The van der Waals surface area contributed by atoms with Gasteiger partial charge in [0.25, 0.3) is 5.91 Å². The monoisotopic (exact) mass is 272 g/mol. The minimum Gasteiger partial charge on any atom is -0.332 e. The summed E-state index contributed by atoms with van der Waals surface area (Å²) >= 11 is 0. The van der Waals surface area contributed by atoms with E-state index in [-0.39, 0.29) is 11.1 Å². The molecule has 5 heteroatoms. The van der Waals surface area contributed by atoms with Gasteiger partial charge in [-0.15, -0.1) is 0 Å². The Hall–Kier alpha value is -2.74. The number of amides is 1. The summed E-state index contributed by atoms with van der Waals surface area (Å²) < 4.78 is 26.6. The lowest BCUT2D eigenvalue weighted by Crippen LogP contribution is -2.28. The summed E-state index contributed by atoms with van der Waals surface area (Å²) in [5.41, 5.74) is 0.140. The minimum absolute atomic E-state index is 0.0692. The molecule has 0 saturated heterocycles. The van der Waals surface area contributed by atoms with Crippen LogP contribution >= 0.6 is 0 Å². The summed E-state index contributed by atoms with van der Waals surface area (Å²) in [6, 6.07) is 11.4. The summed E-state index contributed by atoms with van der Waals surface area (Å²) in [5, 5.41) is 11.4. The number of halogens is 2. The largest absolute Gasteiger partial charge is 0.332 e. The van der Waals surface area contributed by atoms with Crippen molar-refractivity contribution in [3.05, 3.63) is 71.3 Å². The third-order valence-electron chi connectivity index (χ3n) is 2.71. The van der Waals surface area contributed by atoms with Crippen LogP contribution in [0.4, 0.5) is 8.78 Å². The smallest absolute Gasteiger partial charge is 0.252 e. The molecule has 20 heavy (non-hydrogen) atoms. The standard InChI is InChI=1S/C15H10F2N2O/c16-11-5-3-4-10(8-11)15(20)19-14(9-18)12-6-1-2-7-13(12)17/h1-8,14H,(H,19,20). The van der Waals surface area contributed by atoms with E-state index in [4.69, 9.17) is 5.26 Å². The molecule has 0 heterocycles. The van der Waals surface area contributed by atoms with Gasteiger partial charge < -0.3 is 5.32 Å². The fourth-order valence-corrected chi connectivity index (χ4v) is 1.73. The van der Waals surface area contributed by atoms with E-state index in [1.807, 2.05) is 6.07 Å². The number of hydrogen-bond acceptors (Lipinski definition) is 2. The molecule has 0 aliphatic heterocycles. The zero-order valence-corrected chi connectivity index (χ0v) is 10.3. The first kappa shape index (κ1) is 13.7. The van der Waals surface area contributed by atoms with E-state index in [1.54, 1.807) is 6.07 Å². The zero-order chi connectivity index (χ0) is 14.5. The Morgan fingerprint density at radius 1 is 1.15 bits per heavy atom. The average Bonchev–Trinajstić information content (AvgIpc) is 2.45. The van der Waals surface area contributed by atoms with Gasteiger partial charge in [0.05, 0.1) is 6.07 Å². The maximum atomic E-state index is 13.6. The molecule has 0 saturated carbocycles. The van der Waals surface area contributed by atoms with Crippen molar-refractivity contribution in [2.45, 2.75) is 6.04 Å². The van der Waals surface area contributed by atoms with Crippen LogP contribution < -0.4 is 5.32 Å². The van der Waals surface area contributed by atoms with E-state index < -0.39 is 23.6 Å². The number of benzene rings is 2. The van der Waals surface area contributed by atoms with Gasteiger partial charge >= 0.3 is 0 Å². The molecule has 2 aromatic rings. The molecule has 1 atom stereocenters. The lowest BCUT2D eigenvalue weighted by Gasteiger charge is -2.12. The van der Waals surface area contributed by atoms with Gasteiger partial charge in [0.15, 0.2) is 0 Å². The van der Waals surface area contributed by atoms with Crippen LogP contribution in [0.25, 0.3) is 0 Å². The Morgan fingerprint density at radius 2 is 1.90 bits per heavy atom. The number of hydrogen-bond donors (Lipinski definition) is 1. The maximum absolute atomic E-state index is 13.6. The minimum atomic E-state index is -1.13. The van der Waals surface area contributed by atoms with Gasteiger partial charge in [0.2, 0.25) is 0 Å². The second-order valence-corrected chi connectivity index (χ2v) is 4.07. The summed E-state index contributed by atoms with van der Waals surface area (Å²) in [7, 11) is 0. The third-order valence-corrected chi connectivity index (χ3v) is 2.71. The van der Waals surface area contributed by atoms with E-state index >= 15 is 0 Å². The van der Waals surface area contributed by atoms with E-state index in [0.717, 1.165) is 6.07 Å². The fourth-order valence-electron chi connectivity index (χ4n) is 1.73. The van der Waals surface area contributed by atoms with Crippen LogP contribution in [-0.4, -0.2) is 5.91 Å². The van der Waals surface area contributed by atoms with Crippen molar-refractivity contribution >= 4 is 5.91 Å². The van der Waals surface area contributed by atoms with Crippen molar-refractivity contribution in [2.24, 2.45) is 0 Å². The molecule has 2 aromatic carbocycles. The zero-order valence-electron chi connectivity index (χ0n) is 10.3. The first-order valence-corrected chi connectivity index (χ1v) is 5.82. The van der Waals surface area contributed by atoms with Gasteiger partial charge in [-0.3, -0.25) is 4.79 Å². The lowest BCUT2D eigenvalue weighted by molar-refractivity contribution is 0.0944. The molecule has 0 radical (unpaired) electrons. The Balaban J connectivity index is 2.22. The second kappa shape index (κ2) is 5.93. The van der Waals surface area contributed by atoms with Gasteiger partial charge in [-0.25, -0.2) is 8.78 Å². The van der Waals surface area contributed by atoms with E-state index in [0.29, 0.717) is 0 Å². The lowest BCUT2D eigenvalue weighted by atomic mass is 10.1. The first-order chi connectivity index (χ1) is 9.61. The molecule has 0 aliphatic carbocycles. The third kappa shape index (κ3) is 2.98. The number of rotatable bonds is 3. The highest BCUT2D eigenvalue weighted by Gasteiger charge is 2.18. The Kier molecular flexibility index (Phi) is 4.06. The SMILES string of the molecule is N#CC(NC(=O)c1cccc(F)c1)c1ccccc1F. The van der Waals surface area contributed by atoms with Gasteiger partial charge in [-0.2, -0.15) is 5.26 Å².